The summed E-state index contributed by atoms with van der Waals surface area (Å²) in [5.41, 5.74) is 2.40. The molecule has 0 unspecified atom stereocenters. The van der Waals surface area contributed by atoms with E-state index in [1.54, 1.807) is 12.1 Å². The fraction of sp³-hybridized carbons (Fsp3) is 0.133. The first-order valence-corrected chi connectivity index (χ1v) is 7.26. The van der Waals surface area contributed by atoms with E-state index in [2.05, 4.69) is 15.9 Å². The number of hydrogen-bond donors (Lipinski definition) is 0. The zero-order valence-corrected chi connectivity index (χ0v) is 13.3. The molecule has 0 aliphatic rings. The summed E-state index contributed by atoms with van der Waals surface area (Å²) >= 11 is 15.4. The van der Waals surface area contributed by atoms with Crippen LogP contribution in [0.2, 0.25) is 10.0 Å². The topological polar surface area (TPSA) is 17.1 Å². The van der Waals surface area contributed by atoms with Crippen LogP contribution in [-0.2, 0) is 6.42 Å². The van der Waals surface area contributed by atoms with E-state index in [1.807, 2.05) is 31.2 Å². The van der Waals surface area contributed by atoms with Gasteiger partial charge in [0.05, 0.1) is 10.0 Å². The van der Waals surface area contributed by atoms with Crippen LogP contribution in [0.15, 0.2) is 40.9 Å². The molecular weight excluding hydrogens is 347 g/mol. The number of benzene rings is 2. The molecule has 0 N–H and O–H groups in total. The van der Waals surface area contributed by atoms with Crippen LogP contribution in [0.5, 0.6) is 0 Å². The molecule has 0 aliphatic carbocycles. The maximum atomic E-state index is 12.3. The molecule has 1 nitrogen and oxygen atoms in total. The zero-order valence-electron chi connectivity index (χ0n) is 10.2. The lowest BCUT2D eigenvalue weighted by Crippen LogP contribution is -2.06. The predicted molar refractivity (Wildman–Crippen MR) is 83.4 cm³/mol. The molecule has 2 aromatic rings. The highest BCUT2D eigenvalue weighted by Gasteiger charge is 2.13. The number of halogens is 3. The van der Waals surface area contributed by atoms with Crippen molar-refractivity contribution in [3.63, 3.8) is 0 Å². The van der Waals surface area contributed by atoms with Crippen LogP contribution < -0.4 is 0 Å². The van der Waals surface area contributed by atoms with E-state index in [0.29, 0.717) is 15.6 Å². The van der Waals surface area contributed by atoms with Crippen molar-refractivity contribution in [3.05, 3.63) is 67.6 Å². The number of hydrogen-bond acceptors (Lipinski definition) is 1. The van der Waals surface area contributed by atoms with Gasteiger partial charge < -0.3 is 0 Å². The highest BCUT2D eigenvalue weighted by atomic mass is 79.9. The van der Waals surface area contributed by atoms with Crippen molar-refractivity contribution in [2.45, 2.75) is 13.3 Å². The number of ketones is 1. The van der Waals surface area contributed by atoms with Crippen LogP contribution in [-0.4, -0.2) is 5.78 Å². The second kappa shape index (κ2) is 6.08. The standard InChI is InChI=1S/C15H11BrCl2O/c1-9-5-6-11(16)8-12(9)14(19)7-10-3-2-4-13(17)15(10)18/h2-6,8H,7H2,1H3. The molecule has 0 bridgehead atoms. The molecule has 19 heavy (non-hydrogen) atoms. The molecule has 2 rings (SSSR count). The third-order valence-corrected chi connectivity index (χ3v) is 4.23. The normalized spacial score (nSPS) is 10.5. The fourth-order valence-corrected chi connectivity index (χ4v) is 2.60. The molecular formula is C15H11BrCl2O. The summed E-state index contributed by atoms with van der Waals surface area (Å²) in [6.45, 7) is 1.92. The first-order chi connectivity index (χ1) is 8.99. The maximum Gasteiger partial charge on any atom is 0.167 e. The minimum atomic E-state index is 0.0305. The van der Waals surface area contributed by atoms with E-state index in [-0.39, 0.29) is 12.2 Å². The quantitative estimate of drug-likeness (QED) is 0.664. The lowest BCUT2D eigenvalue weighted by molar-refractivity contribution is 0.0992. The number of rotatable bonds is 3. The Labute approximate surface area is 130 Å². The highest BCUT2D eigenvalue weighted by Crippen LogP contribution is 2.27. The minimum Gasteiger partial charge on any atom is -0.294 e. The Morgan fingerprint density at radius 3 is 2.68 bits per heavy atom. The summed E-state index contributed by atoms with van der Waals surface area (Å²) in [5, 5.41) is 0.920. The predicted octanol–water partition coefficient (Wildman–Crippen LogP) is 5.49. The van der Waals surface area contributed by atoms with Crippen molar-refractivity contribution in [1.29, 1.82) is 0 Å². The molecule has 0 radical (unpaired) electrons. The van der Waals surface area contributed by atoms with Gasteiger partial charge in [-0.2, -0.15) is 0 Å². The van der Waals surface area contributed by atoms with Crippen LogP contribution >= 0.6 is 39.1 Å². The zero-order chi connectivity index (χ0) is 14.0. The van der Waals surface area contributed by atoms with Crippen molar-refractivity contribution in [3.8, 4) is 0 Å². The second-order valence-electron chi connectivity index (χ2n) is 4.27. The Morgan fingerprint density at radius 1 is 1.21 bits per heavy atom. The van der Waals surface area contributed by atoms with Crippen LogP contribution in [0.4, 0.5) is 0 Å². The summed E-state index contributed by atoms with van der Waals surface area (Å²) in [6, 6.07) is 11.0. The van der Waals surface area contributed by atoms with E-state index >= 15 is 0 Å². The van der Waals surface area contributed by atoms with Crippen molar-refractivity contribution >= 4 is 44.9 Å². The number of aryl methyl sites for hydroxylation is 1. The molecule has 0 saturated carbocycles. The molecule has 0 saturated heterocycles. The lowest BCUT2D eigenvalue weighted by atomic mass is 9.99. The molecule has 0 heterocycles. The summed E-state index contributed by atoms with van der Waals surface area (Å²) < 4.78 is 0.888. The number of Topliss-reactive ketones (excluding diaryl/α,β-unsaturated/α-hetero) is 1. The van der Waals surface area contributed by atoms with E-state index in [0.717, 1.165) is 15.6 Å². The molecule has 4 heteroatoms. The van der Waals surface area contributed by atoms with Gasteiger partial charge in [0.1, 0.15) is 0 Å². The number of carbonyl (C=O) groups is 1. The Balaban J connectivity index is 2.31. The maximum absolute atomic E-state index is 12.3. The van der Waals surface area contributed by atoms with Crippen LogP contribution in [0.1, 0.15) is 21.5 Å². The summed E-state index contributed by atoms with van der Waals surface area (Å²) in [6.07, 6.45) is 0.247. The van der Waals surface area contributed by atoms with E-state index in [1.165, 1.54) is 0 Å². The fourth-order valence-electron chi connectivity index (χ4n) is 1.85. The molecule has 0 aromatic heterocycles. The minimum absolute atomic E-state index is 0.0305. The van der Waals surface area contributed by atoms with Gasteiger partial charge in [0.15, 0.2) is 5.78 Å². The number of carbonyl (C=O) groups excluding carboxylic acids is 1. The summed E-state index contributed by atoms with van der Waals surface area (Å²) in [5.74, 6) is 0.0305. The van der Waals surface area contributed by atoms with Gasteiger partial charge in [-0.3, -0.25) is 4.79 Å². The van der Waals surface area contributed by atoms with E-state index in [9.17, 15) is 4.79 Å². The summed E-state index contributed by atoms with van der Waals surface area (Å²) in [7, 11) is 0. The van der Waals surface area contributed by atoms with Crippen molar-refractivity contribution in [2.75, 3.05) is 0 Å². The van der Waals surface area contributed by atoms with Gasteiger partial charge in [-0.15, -0.1) is 0 Å². The Kier molecular flexibility index (Phi) is 4.67. The van der Waals surface area contributed by atoms with Crippen molar-refractivity contribution in [2.24, 2.45) is 0 Å². The third-order valence-electron chi connectivity index (χ3n) is 2.88. The smallest absolute Gasteiger partial charge is 0.167 e. The van der Waals surface area contributed by atoms with Gasteiger partial charge in [-0.25, -0.2) is 0 Å². The molecule has 0 spiro atoms. The Bertz CT molecular complexity index is 638. The Morgan fingerprint density at radius 2 is 1.95 bits per heavy atom. The van der Waals surface area contributed by atoms with Crippen LogP contribution in [0.3, 0.4) is 0 Å². The Hall–Kier alpha value is -0.830. The van der Waals surface area contributed by atoms with Gasteiger partial charge in [0.25, 0.3) is 0 Å². The van der Waals surface area contributed by atoms with Gasteiger partial charge in [0.2, 0.25) is 0 Å². The molecule has 98 valence electrons. The van der Waals surface area contributed by atoms with Gasteiger partial charge in [0, 0.05) is 16.5 Å². The second-order valence-corrected chi connectivity index (χ2v) is 5.97. The van der Waals surface area contributed by atoms with Crippen LogP contribution in [0.25, 0.3) is 0 Å². The largest absolute Gasteiger partial charge is 0.294 e. The first kappa shape index (κ1) is 14.6. The van der Waals surface area contributed by atoms with Gasteiger partial charge in [-0.1, -0.05) is 57.3 Å². The average Bonchev–Trinajstić information content (AvgIpc) is 2.38. The molecule has 2 aromatic carbocycles. The van der Waals surface area contributed by atoms with E-state index in [4.69, 9.17) is 23.2 Å². The highest BCUT2D eigenvalue weighted by molar-refractivity contribution is 9.10. The average molecular weight is 358 g/mol. The van der Waals surface area contributed by atoms with Crippen LogP contribution in [0, 0.1) is 6.92 Å². The SMILES string of the molecule is Cc1ccc(Br)cc1C(=O)Cc1cccc(Cl)c1Cl. The third kappa shape index (κ3) is 3.38. The van der Waals surface area contributed by atoms with Crippen molar-refractivity contribution < 1.29 is 4.79 Å². The molecule has 0 fully saturated rings. The first-order valence-electron chi connectivity index (χ1n) is 5.71. The van der Waals surface area contributed by atoms with Gasteiger partial charge in [-0.05, 0) is 36.2 Å². The lowest BCUT2D eigenvalue weighted by Gasteiger charge is -2.08. The monoisotopic (exact) mass is 356 g/mol. The molecule has 0 aliphatic heterocycles. The molecule has 0 amide bonds. The van der Waals surface area contributed by atoms with Gasteiger partial charge >= 0.3 is 0 Å². The van der Waals surface area contributed by atoms with E-state index < -0.39 is 0 Å². The molecule has 0 atom stereocenters. The summed E-state index contributed by atoms with van der Waals surface area (Å²) in [4.78, 5) is 12.3. The van der Waals surface area contributed by atoms with Crippen molar-refractivity contribution in [1.82, 2.24) is 0 Å².